The van der Waals surface area contributed by atoms with E-state index in [9.17, 15) is 19.2 Å². The van der Waals surface area contributed by atoms with Crippen molar-refractivity contribution < 1.29 is 23.9 Å². The van der Waals surface area contributed by atoms with Crippen LogP contribution in [0.15, 0.2) is 42.5 Å². The minimum Gasteiger partial charge on any atom is -0.497 e. The fourth-order valence-corrected chi connectivity index (χ4v) is 5.19. The third-order valence-electron chi connectivity index (χ3n) is 6.88. The number of ether oxygens (including phenoxy) is 1. The van der Waals surface area contributed by atoms with Crippen molar-refractivity contribution in [2.75, 3.05) is 7.11 Å². The Morgan fingerprint density at radius 2 is 1.60 bits per heavy atom. The first-order valence-electron chi connectivity index (χ1n) is 11.5. The molecule has 3 amide bonds. The Morgan fingerprint density at radius 3 is 2.23 bits per heavy atom. The lowest BCUT2D eigenvalue weighted by Crippen LogP contribution is -2.56. The zero-order chi connectivity index (χ0) is 25.4. The molecule has 1 heterocycles. The first kappa shape index (κ1) is 25.2. The number of carbonyl (C=O) groups is 4. The lowest BCUT2D eigenvalue weighted by atomic mass is 9.76. The van der Waals surface area contributed by atoms with E-state index in [4.69, 9.17) is 27.9 Å². The summed E-state index contributed by atoms with van der Waals surface area (Å²) in [6.45, 7) is 3.55. The van der Waals surface area contributed by atoms with Gasteiger partial charge in [-0.25, -0.2) is 5.01 Å². The number of halogens is 2. The molecule has 1 saturated carbocycles. The van der Waals surface area contributed by atoms with Gasteiger partial charge in [-0.3, -0.25) is 19.2 Å². The average molecular weight is 517 g/mol. The number of ketones is 1. The molecule has 2 fully saturated rings. The van der Waals surface area contributed by atoms with Gasteiger partial charge in [-0.15, -0.1) is 0 Å². The number of Topliss-reactive ketones (excluding diaryl/α,β-unsaturated/α-hetero) is 1. The van der Waals surface area contributed by atoms with Gasteiger partial charge < -0.3 is 4.74 Å². The SMILES string of the molecule is COc1ccc(C(=O)[C@H](C)N(C(=O)c2ccc(Cl)c(Cl)c2)N2C(=O)[C@@H]3CC[C@H](C)C[C@H]3C2=O)cc1. The smallest absolute Gasteiger partial charge is 0.273 e. The van der Waals surface area contributed by atoms with Crippen LogP contribution >= 0.6 is 23.2 Å². The molecule has 9 heteroatoms. The number of nitrogens with zero attached hydrogens (tertiary/aromatic N) is 2. The van der Waals surface area contributed by atoms with E-state index in [1.54, 1.807) is 24.3 Å². The van der Waals surface area contributed by atoms with Gasteiger partial charge in [0.1, 0.15) is 11.8 Å². The maximum Gasteiger partial charge on any atom is 0.273 e. The molecule has 0 N–H and O–H groups in total. The van der Waals surface area contributed by atoms with Crippen LogP contribution in [0.5, 0.6) is 5.75 Å². The topological polar surface area (TPSA) is 84.0 Å². The Hall–Kier alpha value is -2.90. The second kappa shape index (κ2) is 9.99. The zero-order valence-electron chi connectivity index (χ0n) is 19.7. The van der Waals surface area contributed by atoms with Gasteiger partial charge >= 0.3 is 0 Å². The van der Waals surface area contributed by atoms with Crippen molar-refractivity contribution in [1.82, 2.24) is 10.0 Å². The Kier molecular flexibility index (Phi) is 7.20. The summed E-state index contributed by atoms with van der Waals surface area (Å²) in [6, 6.07) is 9.55. The largest absolute Gasteiger partial charge is 0.497 e. The zero-order valence-corrected chi connectivity index (χ0v) is 21.2. The van der Waals surface area contributed by atoms with Crippen molar-refractivity contribution in [1.29, 1.82) is 0 Å². The second-order valence-corrected chi connectivity index (χ2v) is 9.98. The molecule has 0 radical (unpaired) electrons. The number of rotatable bonds is 6. The highest BCUT2D eigenvalue weighted by atomic mass is 35.5. The number of hydrogen-bond donors (Lipinski definition) is 0. The highest BCUT2D eigenvalue weighted by Gasteiger charge is 2.54. The van der Waals surface area contributed by atoms with Gasteiger partial charge in [0.25, 0.3) is 17.7 Å². The summed E-state index contributed by atoms with van der Waals surface area (Å²) in [5, 5.41) is 2.28. The van der Waals surface area contributed by atoms with Crippen LogP contribution in [0.2, 0.25) is 10.0 Å². The fourth-order valence-electron chi connectivity index (χ4n) is 4.89. The molecule has 0 spiro atoms. The first-order chi connectivity index (χ1) is 16.6. The highest BCUT2D eigenvalue weighted by Crippen LogP contribution is 2.42. The van der Waals surface area contributed by atoms with E-state index in [0.717, 1.165) is 16.4 Å². The molecule has 4 atom stereocenters. The van der Waals surface area contributed by atoms with Crippen molar-refractivity contribution in [3.8, 4) is 5.75 Å². The summed E-state index contributed by atoms with van der Waals surface area (Å²) in [6.07, 6.45) is 1.97. The number of hydrogen-bond acceptors (Lipinski definition) is 5. The third kappa shape index (κ3) is 4.67. The molecule has 2 aromatic rings. The predicted octanol–water partition coefficient (Wildman–Crippen LogP) is 5.05. The van der Waals surface area contributed by atoms with Gasteiger partial charge in [0, 0.05) is 11.1 Å². The van der Waals surface area contributed by atoms with E-state index in [1.165, 1.54) is 32.2 Å². The summed E-state index contributed by atoms with van der Waals surface area (Å²) < 4.78 is 5.15. The van der Waals surface area contributed by atoms with Gasteiger partial charge in [0.05, 0.1) is 29.0 Å². The Morgan fingerprint density at radius 1 is 0.971 bits per heavy atom. The maximum absolute atomic E-state index is 13.7. The van der Waals surface area contributed by atoms with Gasteiger partial charge in [-0.1, -0.05) is 30.1 Å². The van der Waals surface area contributed by atoms with Crippen molar-refractivity contribution in [3.63, 3.8) is 0 Å². The number of methoxy groups -OCH3 is 1. The molecule has 1 saturated heterocycles. The lowest BCUT2D eigenvalue weighted by molar-refractivity contribution is -0.156. The van der Waals surface area contributed by atoms with Crippen LogP contribution in [0.1, 0.15) is 53.8 Å². The summed E-state index contributed by atoms with van der Waals surface area (Å²) in [7, 11) is 1.52. The molecular formula is C26H26Cl2N2O5. The van der Waals surface area contributed by atoms with E-state index >= 15 is 0 Å². The van der Waals surface area contributed by atoms with E-state index in [-0.39, 0.29) is 15.6 Å². The van der Waals surface area contributed by atoms with Crippen LogP contribution in [0, 0.1) is 17.8 Å². The standard InChI is InChI=1S/C26H26Cl2N2O5/c1-14-4-10-19-20(12-14)26(34)30(25(19)33)29(24(32)17-7-11-21(27)22(28)13-17)15(2)23(31)16-5-8-18(35-3)9-6-16/h5-9,11,13-15,19-20H,4,10,12H2,1-3H3/t14-,15-,19+,20+/m0/s1. The van der Waals surface area contributed by atoms with Crippen LogP contribution in [-0.4, -0.2) is 46.7 Å². The lowest BCUT2D eigenvalue weighted by Gasteiger charge is -2.34. The van der Waals surface area contributed by atoms with Crippen LogP contribution in [0.4, 0.5) is 0 Å². The van der Waals surface area contributed by atoms with Crippen LogP contribution in [-0.2, 0) is 9.59 Å². The van der Waals surface area contributed by atoms with Crippen LogP contribution in [0.25, 0.3) is 0 Å². The van der Waals surface area contributed by atoms with E-state index < -0.39 is 41.4 Å². The summed E-state index contributed by atoms with van der Waals surface area (Å²) in [5.74, 6) is -2.14. The molecule has 0 unspecified atom stereocenters. The summed E-state index contributed by atoms with van der Waals surface area (Å²) in [4.78, 5) is 54.1. The van der Waals surface area contributed by atoms with Crippen molar-refractivity contribution in [3.05, 3.63) is 63.6 Å². The molecule has 35 heavy (non-hydrogen) atoms. The molecular weight excluding hydrogens is 491 g/mol. The monoisotopic (exact) mass is 516 g/mol. The Bertz CT molecular complexity index is 1180. The fraction of sp³-hybridized carbons (Fsp3) is 0.385. The number of carbonyl (C=O) groups excluding carboxylic acids is 4. The van der Waals surface area contributed by atoms with Gasteiger partial charge in [0.15, 0.2) is 5.78 Å². The van der Waals surface area contributed by atoms with Gasteiger partial charge in [0.2, 0.25) is 0 Å². The number of hydrazine groups is 1. The molecule has 2 aromatic carbocycles. The van der Waals surface area contributed by atoms with Gasteiger partial charge in [-0.2, -0.15) is 5.01 Å². The molecule has 4 rings (SSSR count). The van der Waals surface area contributed by atoms with E-state index in [0.29, 0.717) is 30.1 Å². The minimum atomic E-state index is -1.14. The van der Waals surface area contributed by atoms with Crippen molar-refractivity contribution in [2.24, 2.45) is 17.8 Å². The minimum absolute atomic E-state index is 0.109. The molecule has 2 aliphatic rings. The third-order valence-corrected chi connectivity index (χ3v) is 7.61. The molecule has 0 bridgehead atoms. The van der Waals surface area contributed by atoms with E-state index in [1.807, 2.05) is 6.92 Å². The number of benzene rings is 2. The molecule has 1 aliphatic heterocycles. The summed E-state index contributed by atoms with van der Waals surface area (Å²) in [5.41, 5.74) is 0.424. The van der Waals surface area contributed by atoms with Crippen molar-refractivity contribution >= 4 is 46.7 Å². The second-order valence-electron chi connectivity index (χ2n) is 9.17. The molecule has 1 aliphatic carbocycles. The average Bonchev–Trinajstić information content (AvgIpc) is 3.09. The van der Waals surface area contributed by atoms with Crippen molar-refractivity contribution in [2.45, 2.75) is 39.2 Å². The first-order valence-corrected chi connectivity index (χ1v) is 12.2. The van der Waals surface area contributed by atoms with E-state index in [2.05, 4.69) is 0 Å². The maximum atomic E-state index is 13.7. The molecule has 0 aromatic heterocycles. The Balaban J connectivity index is 1.75. The van der Waals surface area contributed by atoms with Crippen LogP contribution in [0.3, 0.4) is 0 Å². The number of fused-ring (bicyclic) bond motifs is 1. The molecule has 184 valence electrons. The normalized spacial score (nSPS) is 22.5. The van der Waals surface area contributed by atoms with Gasteiger partial charge in [-0.05, 0) is 74.6 Å². The summed E-state index contributed by atoms with van der Waals surface area (Å²) >= 11 is 12.1. The quantitative estimate of drug-likeness (QED) is 0.396. The predicted molar refractivity (Wildman–Crippen MR) is 131 cm³/mol. The number of amides is 3. The van der Waals surface area contributed by atoms with Crippen LogP contribution < -0.4 is 4.74 Å². The highest BCUT2D eigenvalue weighted by molar-refractivity contribution is 6.42. The molecule has 7 nitrogen and oxygen atoms in total. The number of imide groups is 1. The Labute approximate surface area is 213 Å².